The van der Waals surface area contributed by atoms with E-state index in [1.807, 2.05) is 17.0 Å². The quantitative estimate of drug-likeness (QED) is 0.653. The Hall–Kier alpha value is -2.42. The molecular formula is C21H31N3O5S. The van der Waals surface area contributed by atoms with E-state index in [2.05, 4.69) is 17.1 Å². The van der Waals surface area contributed by atoms with Crippen LogP contribution in [0.3, 0.4) is 0 Å². The second-order valence-electron chi connectivity index (χ2n) is 7.46. The standard InChI is InChI=1S/C21H31N3O5S/c1-5-15-13-29-21(25)24(15)16-6-8-23(9-7-16)20(30)22-12-14-10-17(26-2)19(28-4)18(11-14)27-3/h10-11,15-16H,5-9,12-13H2,1-4H3,(H,22,30). The van der Waals surface area contributed by atoms with E-state index in [-0.39, 0.29) is 18.2 Å². The predicted molar refractivity (Wildman–Crippen MR) is 117 cm³/mol. The average molecular weight is 438 g/mol. The number of piperidine rings is 1. The van der Waals surface area contributed by atoms with Crippen LogP contribution in [0.15, 0.2) is 12.1 Å². The number of rotatable bonds is 7. The molecule has 9 heteroatoms. The van der Waals surface area contributed by atoms with Crippen molar-refractivity contribution in [2.24, 2.45) is 0 Å². The molecule has 0 aliphatic carbocycles. The Labute approximate surface area is 183 Å². The van der Waals surface area contributed by atoms with Crippen LogP contribution in [0.1, 0.15) is 31.7 Å². The van der Waals surface area contributed by atoms with Crippen molar-refractivity contribution in [3.63, 3.8) is 0 Å². The molecule has 1 amide bonds. The molecule has 30 heavy (non-hydrogen) atoms. The van der Waals surface area contributed by atoms with Crippen LogP contribution in [-0.2, 0) is 11.3 Å². The summed E-state index contributed by atoms with van der Waals surface area (Å²) >= 11 is 5.61. The van der Waals surface area contributed by atoms with Crippen LogP contribution >= 0.6 is 12.2 Å². The number of nitrogens with zero attached hydrogens (tertiary/aromatic N) is 2. The largest absolute Gasteiger partial charge is 0.493 e. The van der Waals surface area contributed by atoms with E-state index in [0.717, 1.165) is 37.9 Å². The van der Waals surface area contributed by atoms with Gasteiger partial charge in [-0.15, -0.1) is 0 Å². The van der Waals surface area contributed by atoms with E-state index in [9.17, 15) is 4.79 Å². The average Bonchev–Trinajstić information content (AvgIpc) is 3.16. The third-order valence-electron chi connectivity index (χ3n) is 5.79. The highest BCUT2D eigenvalue weighted by atomic mass is 32.1. The Balaban J connectivity index is 1.55. The number of nitrogens with one attached hydrogen (secondary N) is 1. The molecule has 2 heterocycles. The van der Waals surface area contributed by atoms with E-state index in [0.29, 0.717) is 35.5 Å². The van der Waals surface area contributed by atoms with Gasteiger partial charge >= 0.3 is 6.09 Å². The van der Waals surface area contributed by atoms with E-state index in [1.165, 1.54) is 0 Å². The minimum absolute atomic E-state index is 0.177. The first-order chi connectivity index (χ1) is 14.5. The van der Waals surface area contributed by atoms with Gasteiger partial charge in [0.05, 0.1) is 27.4 Å². The van der Waals surface area contributed by atoms with Crippen molar-refractivity contribution in [1.29, 1.82) is 0 Å². The van der Waals surface area contributed by atoms with Crippen molar-refractivity contribution in [2.75, 3.05) is 41.0 Å². The highest BCUT2D eigenvalue weighted by Gasteiger charge is 2.38. The van der Waals surface area contributed by atoms with Gasteiger partial charge in [0.25, 0.3) is 0 Å². The van der Waals surface area contributed by atoms with Gasteiger partial charge in [0.1, 0.15) is 6.61 Å². The van der Waals surface area contributed by atoms with Crippen LogP contribution in [0.25, 0.3) is 0 Å². The van der Waals surface area contributed by atoms with Gasteiger partial charge in [-0.3, -0.25) is 4.90 Å². The van der Waals surface area contributed by atoms with E-state index >= 15 is 0 Å². The van der Waals surface area contributed by atoms with E-state index in [4.69, 9.17) is 31.2 Å². The third-order valence-corrected chi connectivity index (χ3v) is 6.19. The first-order valence-corrected chi connectivity index (χ1v) is 10.7. The summed E-state index contributed by atoms with van der Waals surface area (Å²) < 4.78 is 21.4. The summed E-state index contributed by atoms with van der Waals surface area (Å²) in [5.74, 6) is 1.80. The first-order valence-electron chi connectivity index (χ1n) is 10.3. The molecule has 8 nitrogen and oxygen atoms in total. The molecular weight excluding hydrogens is 406 g/mol. The first kappa shape index (κ1) is 22.3. The fourth-order valence-corrected chi connectivity index (χ4v) is 4.36. The van der Waals surface area contributed by atoms with Gasteiger partial charge in [0.2, 0.25) is 5.75 Å². The number of ether oxygens (including phenoxy) is 4. The number of hydrogen-bond acceptors (Lipinski definition) is 6. The molecule has 0 bridgehead atoms. The Kier molecular flexibility index (Phi) is 7.47. The summed E-state index contributed by atoms with van der Waals surface area (Å²) in [4.78, 5) is 16.2. The zero-order chi connectivity index (χ0) is 21.7. The summed E-state index contributed by atoms with van der Waals surface area (Å²) in [6.07, 6.45) is 2.51. The van der Waals surface area contributed by atoms with Gasteiger partial charge in [-0.1, -0.05) is 6.92 Å². The molecule has 0 aromatic heterocycles. The highest BCUT2D eigenvalue weighted by Crippen LogP contribution is 2.38. The molecule has 2 aliphatic heterocycles. The molecule has 2 saturated heterocycles. The molecule has 2 aliphatic rings. The molecule has 0 radical (unpaired) electrons. The third kappa shape index (κ3) is 4.66. The van der Waals surface area contributed by atoms with Crippen LogP contribution in [0.2, 0.25) is 0 Å². The van der Waals surface area contributed by atoms with Gasteiger partial charge < -0.3 is 29.2 Å². The number of methoxy groups -OCH3 is 3. The Bertz CT molecular complexity index is 742. The fourth-order valence-electron chi connectivity index (χ4n) is 4.11. The highest BCUT2D eigenvalue weighted by molar-refractivity contribution is 7.80. The number of carbonyl (C=O) groups is 1. The van der Waals surface area contributed by atoms with Crippen molar-refractivity contribution in [2.45, 2.75) is 44.8 Å². The summed E-state index contributed by atoms with van der Waals surface area (Å²) in [5.41, 5.74) is 0.979. The van der Waals surface area contributed by atoms with Gasteiger partial charge in [-0.05, 0) is 49.2 Å². The zero-order valence-corrected chi connectivity index (χ0v) is 18.9. The molecule has 1 N–H and O–H groups in total. The number of benzene rings is 1. The van der Waals surface area contributed by atoms with E-state index in [1.54, 1.807) is 21.3 Å². The normalized spacial score (nSPS) is 19.5. The van der Waals surface area contributed by atoms with Gasteiger partial charge in [0, 0.05) is 25.7 Å². The maximum absolute atomic E-state index is 12.1. The SMILES string of the molecule is CCC1COC(=O)N1C1CCN(C(=S)NCc2cc(OC)c(OC)c(OC)c2)CC1. The lowest BCUT2D eigenvalue weighted by Gasteiger charge is -2.38. The van der Waals surface area contributed by atoms with Gasteiger partial charge in [-0.25, -0.2) is 4.79 Å². The minimum Gasteiger partial charge on any atom is -0.493 e. The van der Waals surface area contributed by atoms with Crippen molar-refractivity contribution in [3.05, 3.63) is 17.7 Å². The lowest BCUT2D eigenvalue weighted by molar-refractivity contribution is 0.122. The summed E-state index contributed by atoms with van der Waals surface area (Å²) in [5, 5.41) is 4.03. The molecule has 1 aromatic rings. The lowest BCUT2D eigenvalue weighted by atomic mass is 10.0. The fraction of sp³-hybridized carbons (Fsp3) is 0.619. The monoisotopic (exact) mass is 437 g/mol. The van der Waals surface area contributed by atoms with Crippen molar-refractivity contribution < 1.29 is 23.7 Å². The van der Waals surface area contributed by atoms with Crippen molar-refractivity contribution in [3.8, 4) is 17.2 Å². The Morgan fingerprint density at radius 3 is 2.33 bits per heavy atom. The topological polar surface area (TPSA) is 72.5 Å². The molecule has 0 saturated carbocycles. The van der Waals surface area contributed by atoms with Crippen LogP contribution in [0, 0.1) is 0 Å². The molecule has 166 valence electrons. The summed E-state index contributed by atoms with van der Waals surface area (Å²) in [7, 11) is 4.78. The minimum atomic E-state index is -0.177. The zero-order valence-electron chi connectivity index (χ0n) is 18.1. The Morgan fingerprint density at radius 1 is 1.17 bits per heavy atom. The van der Waals surface area contributed by atoms with Gasteiger partial charge in [-0.2, -0.15) is 0 Å². The Morgan fingerprint density at radius 2 is 1.80 bits per heavy atom. The predicted octanol–water partition coefficient (Wildman–Crippen LogP) is 2.78. The number of carbonyl (C=O) groups excluding carboxylic acids is 1. The maximum atomic E-state index is 12.1. The van der Waals surface area contributed by atoms with Crippen LogP contribution < -0.4 is 19.5 Å². The molecule has 0 spiro atoms. The van der Waals surface area contributed by atoms with Crippen molar-refractivity contribution >= 4 is 23.4 Å². The molecule has 1 atom stereocenters. The number of thiocarbonyl (C=S) groups is 1. The van der Waals surface area contributed by atoms with Gasteiger partial charge in [0.15, 0.2) is 16.6 Å². The second-order valence-corrected chi connectivity index (χ2v) is 7.84. The van der Waals surface area contributed by atoms with Crippen molar-refractivity contribution in [1.82, 2.24) is 15.1 Å². The molecule has 3 rings (SSSR count). The summed E-state index contributed by atoms with van der Waals surface area (Å²) in [6.45, 7) is 4.77. The smallest absolute Gasteiger partial charge is 0.410 e. The van der Waals surface area contributed by atoms with Crippen LogP contribution in [0.5, 0.6) is 17.2 Å². The number of amides is 1. The molecule has 1 unspecified atom stereocenters. The number of likely N-dealkylation sites (tertiary alicyclic amines) is 1. The van der Waals surface area contributed by atoms with Crippen LogP contribution in [0.4, 0.5) is 4.79 Å². The number of hydrogen-bond donors (Lipinski definition) is 1. The molecule has 1 aromatic carbocycles. The second kappa shape index (κ2) is 10.1. The maximum Gasteiger partial charge on any atom is 0.410 e. The molecule has 2 fully saturated rings. The van der Waals surface area contributed by atoms with E-state index < -0.39 is 0 Å². The summed E-state index contributed by atoms with van der Waals surface area (Å²) in [6, 6.07) is 4.23. The van der Waals surface area contributed by atoms with Crippen LogP contribution in [-0.4, -0.2) is 74.1 Å². The lowest BCUT2D eigenvalue weighted by Crippen LogP contribution is -2.51. The number of cyclic esters (lactones) is 1.